The number of hydrogen-bond donors (Lipinski definition) is 2. The second-order valence-electron chi connectivity index (χ2n) is 7.46. The Labute approximate surface area is 173 Å². The Morgan fingerprint density at radius 2 is 1.85 bits per heavy atom. The van der Waals surface area contributed by atoms with E-state index in [0.29, 0.717) is 5.41 Å². The number of amides is 1. The van der Waals surface area contributed by atoms with Crippen molar-refractivity contribution in [1.82, 2.24) is 15.6 Å². The molecule has 1 aromatic carbocycles. The maximum absolute atomic E-state index is 12.6. The van der Waals surface area contributed by atoms with Gasteiger partial charge in [0, 0.05) is 18.3 Å². The molecule has 1 aliphatic heterocycles. The summed E-state index contributed by atoms with van der Waals surface area (Å²) in [6.07, 6.45) is 6.99. The average Bonchev–Trinajstić information content (AvgIpc) is 3.36. The minimum Gasteiger partial charge on any atom is -0.349 e. The first-order valence-corrected chi connectivity index (χ1v) is 9.19. The maximum atomic E-state index is 12.6. The zero-order valence-corrected chi connectivity index (χ0v) is 17.1. The Morgan fingerprint density at radius 1 is 1.15 bits per heavy atom. The van der Waals surface area contributed by atoms with Crippen LogP contribution >= 0.6 is 24.8 Å². The predicted octanol–water partition coefficient (Wildman–Crippen LogP) is 4.16. The summed E-state index contributed by atoms with van der Waals surface area (Å²) in [6.45, 7) is 4.17. The molecule has 27 heavy (non-hydrogen) atoms. The lowest BCUT2D eigenvalue weighted by Crippen LogP contribution is -2.34. The van der Waals surface area contributed by atoms with Gasteiger partial charge in [-0.25, -0.2) is 0 Å². The molecule has 2 unspecified atom stereocenters. The van der Waals surface area contributed by atoms with Crippen molar-refractivity contribution in [3.8, 4) is 11.1 Å². The third-order valence-corrected chi connectivity index (χ3v) is 5.87. The first-order valence-electron chi connectivity index (χ1n) is 9.19. The van der Waals surface area contributed by atoms with Crippen LogP contribution in [-0.4, -0.2) is 24.0 Å². The summed E-state index contributed by atoms with van der Waals surface area (Å²) in [4.78, 5) is 16.8. The zero-order valence-electron chi connectivity index (χ0n) is 15.5. The third-order valence-electron chi connectivity index (χ3n) is 5.87. The van der Waals surface area contributed by atoms with Crippen molar-refractivity contribution in [2.45, 2.75) is 32.2 Å². The lowest BCUT2D eigenvalue weighted by atomic mass is 9.91. The van der Waals surface area contributed by atoms with Gasteiger partial charge in [0.25, 0.3) is 0 Å². The van der Waals surface area contributed by atoms with Crippen molar-refractivity contribution < 1.29 is 4.79 Å². The molecule has 4 nitrogen and oxygen atoms in total. The van der Waals surface area contributed by atoms with E-state index in [1.807, 2.05) is 12.3 Å². The highest BCUT2D eigenvalue weighted by molar-refractivity contribution is 5.85. The van der Waals surface area contributed by atoms with Crippen molar-refractivity contribution in [3.05, 3.63) is 54.4 Å². The van der Waals surface area contributed by atoms with Crippen LogP contribution in [0.5, 0.6) is 0 Å². The van der Waals surface area contributed by atoms with E-state index < -0.39 is 0 Å². The molecular formula is C21H27Cl2N3O. The number of hydrogen-bond acceptors (Lipinski definition) is 3. The van der Waals surface area contributed by atoms with Crippen LogP contribution in [-0.2, 0) is 4.79 Å². The fourth-order valence-corrected chi connectivity index (χ4v) is 4.09. The molecule has 2 atom stereocenters. The molecule has 1 aromatic heterocycles. The van der Waals surface area contributed by atoms with Gasteiger partial charge in [-0.2, -0.15) is 0 Å². The highest BCUT2D eigenvalue weighted by Gasteiger charge is 2.57. The van der Waals surface area contributed by atoms with E-state index in [2.05, 4.69) is 52.9 Å². The van der Waals surface area contributed by atoms with Crippen LogP contribution in [0.4, 0.5) is 0 Å². The lowest BCUT2D eigenvalue weighted by molar-refractivity contribution is -0.123. The fourth-order valence-electron chi connectivity index (χ4n) is 4.09. The Balaban J connectivity index is 0.00000131. The molecule has 1 saturated heterocycles. The summed E-state index contributed by atoms with van der Waals surface area (Å²) in [7, 11) is 0. The predicted molar refractivity (Wildman–Crippen MR) is 113 cm³/mol. The molecule has 146 valence electrons. The normalized spacial score (nSPS) is 20.7. The second kappa shape index (κ2) is 9.05. The van der Waals surface area contributed by atoms with E-state index in [-0.39, 0.29) is 42.7 Å². The largest absolute Gasteiger partial charge is 0.349 e. The molecule has 4 rings (SSSR count). The zero-order chi connectivity index (χ0) is 17.3. The highest BCUT2D eigenvalue weighted by Crippen LogP contribution is 2.58. The van der Waals surface area contributed by atoms with Crippen molar-refractivity contribution >= 4 is 30.7 Å². The van der Waals surface area contributed by atoms with E-state index in [0.717, 1.165) is 49.0 Å². The SMILES string of the molecule is CC(NC(=O)C1CC12CCNCC2)c1ccc(-c2cccnc2)cc1.Cl.Cl. The van der Waals surface area contributed by atoms with E-state index in [1.54, 1.807) is 6.20 Å². The van der Waals surface area contributed by atoms with E-state index in [1.165, 1.54) is 0 Å². The Bertz CT molecular complexity index is 746. The van der Waals surface area contributed by atoms with Crippen molar-refractivity contribution in [2.75, 3.05) is 13.1 Å². The summed E-state index contributed by atoms with van der Waals surface area (Å²) in [6, 6.07) is 12.4. The smallest absolute Gasteiger partial charge is 0.224 e. The van der Waals surface area contributed by atoms with Crippen LogP contribution in [0.25, 0.3) is 11.1 Å². The quantitative estimate of drug-likeness (QED) is 0.799. The van der Waals surface area contributed by atoms with Gasteiger partial charge in [-0.15, -0.1) is 24.8 Å². The summed E-state index contributed by atoms with van der Waals surface area (Å²) < 4.78 is 0. The van der Waals surface area contributed by atoms with Crippen molar-refractivity contribution in [3.63, 3.8) is 0 Å². The molecular weight excluding hydrogens is 381 g/mol. The molecule has 2 fully saturated rings. The average molecular weight is 408 g/mol. The van der Waals surface area contributed by atoms with E-state index >= 15 is 0 Å². The number of pyridine rings is 1. The van der Waals surface area contributed by atoms with Gasteiger partial charge in [0.2, 0.25) is 5.91 Å². The number of carbonyl (C=O) groups excluding carboxylic acids is 1. The van der Waals surface area contributed by atoms with Gasteiger partial charge in [-0.1, -0.05) is 30.3 Å². The van der Waals surface area contributed by atoms with Gasteiger partial charge in [-0.3, -0.25) is 9.78 Å². The molecule has 2 aliphatic rings. The fraction of sp³-hybridized carbons (Fsp3) is 0.429. The molecule has 1 spiro atoms. The molecule has 2 N–H and O–H groups in total. The Hall–Kier alpha value is -1.62. The topological polar surface area (TPSA) is 54.0 Å². The minimum absolute atomic E-state index is 0. The molecule has 2 heterocycles. The number of rotatable bonds is 4. The van der Waals surface area contributed by atoms with Gasteiger partial charge >= 0.3 is 0 Å². The monoisotopic (exact) mass is 407 g/mol. The number of carbonyl (C=O) groups is 1. The number of benzene rings is 1. The molecule has 6 heteroatoms. The van der Waals surface area contributed by atoms with Crippen molar-refractivity contribution in [1.29, 1.82) is 0 Å². The van der Waals surface area contributed by atoms with E-state index in [4.69, 9.17) is 0 Å². The molecule has 2 aromatic rings. The summed E-state index contributed by atoms with van der Waals surface area (Å²) in [5.41, 5.74) is 3.68. The molecule has 0 radical (unpaired) electrons. The Morgan fingerprint density at radius 3 is 2.48 bits per heavy atom. The second-order valence-corrected chi connectivity index (χ2v) is 7.46. The number of piperidine rings is 1. The Kier molecular flexibility index (Phi) is 7.26. The van der Waals surface area contributed by atoms with Crippen LogP contribution in [0.1, 0.15) is 37.8 Å². The molecule has 0 bridgehead atoms. The van der Waals surface area contributed by atoms with Crippen LogP contribution in [0.2, 0.25) is 0 Å². The summed E-state index contributed by atoms with van der Waals surface area (Å²) >= 11 is 0. The third kappa shape index (κ3) is 4.63. The molecule has 1 saturated carbocycles. The molecule has 1 aliphatic carbocycles. The van der Waals surface area contributed by atoms with Gasteiger partial charge in [0.15, 0.2) is 0 Å². The molecule has 1 amide bonds. The summed E-state index contributed by atoms with van der Waals surface area (Å²) in [5.74, 6) is 0.442. The number of nitrogens with one attached hydrogen (secondary N) is 2. The van der Waals surface area contributed by atoms with Gasteiger partial charge in [-0.05, 0) is 67.4 Å². The summed E-state index contributed by atoms with van der Waals surface area (Å²) in [5, 5.41) is 6.61. The lowest BCUT2D eigenvalue weighted by Gasteiger charge is -2.24. The van der Waals surface area contributed by atoms with Crippen LogP contribution in [0, 0.1) is 11.3 Å². The van der Waals surface area contributed by atoms with Gasteiger partial charge < -0.3 is 10.6 Å². The minimum atomic E-state index is 0. The highest BCUT2D eigenvalue weighted by atomic mass is 35.5. The van der Waals surface area contributed by atoms with Gasteiger partial charge in [0.1, 0.15) is 0 Å². The van der Waals surface area contributed by atoms with E-state index in [9.17, 15) is 4.79 Å². The van der Waals surface area contributed by atoms with Crippen molar-refractivity contribution in [2.24, 2.45) is 11.3 Å². The number of nitrogens with zero attached hydrogens (tertiary/aromatic N) is 1. The first kappa shape index (κ1) is 21.7. The van der Waals surface area contributed by atoms with Crippen LogP contribution in [0.3, 0.4) is 0 Å². The standard InChI is InChI=1S/C21H25N3O.2ClH/c1-15(24-20(25)19-13-21(19)8-11-22-12-9-21)16-4-6-17(7-5-16)18-3-2-10-23-14-18;;/h2-7,10,14-15,19,22H,8-9,11-13H2,1H3,(H,24,25);2*1H. The maximum Gasteiger partial charge on any atom is 0.224 e. The number of aromatic nitrogens is 1. The first-order chi connectivity index (χ1) is 12.2. The van der Waals surface area contributed by atoms with Gasteiger partial charge in [0.05, 0.1) is 6.04 Å². The van der Waals surface area contributed by atoms with Crippen LogP contribution in [0.15, 0.2) is 48.8 Å². The number of halogens is 2. The van der Waals surface area contributed by atoms with Crippen LogP contribution < -0.4 is 10.6 Å².